The van der Waals surface area contributed by atoms with Gasteiger partial charge in [0.1, 0.15) is 0 Å². The van der Waals surface area contributed by atoms with Crippen LogP contribution in [0, 0.1) is 20.8 Å². The Kier molecular flexibility index (Phi) is 7.68. The zero-order valence-corrected chi connectivity index (χ0v) is 22.5. The molecule has 37 heavy (non-hydrogen) atoms. The van der Waals surface area contributed by atoms with Gasteiger partial charge < -0.3 is 14.0 Å². The topological polar surface area (TPSA) is 94.9 Å². The van der Waals surface area contributed by atoms with Gasteiger partial charge in [0, 0.05) is 35.7 Å². The first kappa shape index (κ1) is 26.8. The molecular formula is C28H32N2O6S. The van der Waals surface area contributed by atoms with Gasteiger partial charge in [-0.25, -0.2) is 13.2 Å². The number of aryl methyl sites for hydroxylation is 2. The Morgan fingerprint density at radius 1 is 0.973 bits per heavy atom. The summed E-state index contributed by atoms with van der Waals surface area (Å²) in [6.07, 6.45) is -0.462. The summed E-state index contributed by atoms with van der Waals surface area (Å²) in [5.41, 5.74) is 4.26. The van der Waals surface area contributed by atoms with Crippen molar-refractivity contribution in [3.05, 3.63) is 82.7 Å². The van der Waals surface area contributed by atoms with Gasteiger partial charge in [0.25, 0.3) is 0 Å². The maximum atomic E-state index is 13.2. The lowest BCUT2D eigenvalue weighted by Gasteiger charge is -2.34. The molecule has 2 heterocycles. The van der Waals surface area contributed by atoms with Gasteiger partial charge >= 0.3 is 5.97 Å². The summed E-state index contributed by atoms with van der Waals surface area (Å²) in [6, 6.07) is 15.5. The molecular weight excluding hydrogens is 492 g/mol. The Hall–Kier alpha value is -3.27. The number of sulfonamides is 1. The molecule has 8 nitrogen and oxygen atoms in total. The van der Waals surface area contributed by atoms with Crippen LogP contribution in [0.2, 0.25) is 0 Å². The molecule has 0 N–H and O–H groups in total. The molecule has 1 fully saturated rings. The predicted octanol–water partition coefficient (Wildman–Crippen LogP) is 4.24. The fourth-order valence-electron chi connectivity index (χ4n) is 4.69. The Bertz CT molecular complexity index is 1420. The zero-order chi connectivity index (χ0) is 26.9. The minimum absolute atomic E-state index is 0.00350. The van der Waals surface area contributed by atoms with Crippen molar-refractivity contribution in [2.24, 2.45) is 0 Å². The van der Waals surface area contributed by atoms with Crippen LogP contribution >= 0.6 is 0 Å². The molecule has 2 atom stereocenters. The van der Waals surface area contributed by atoms with Crippen molar-refractivity contribution < 1.29 is 27.5 Å². The van der Waals surface area contributed by atoms with E-state index >= 15 is 0 Å². The quantitative estimate of drug-likeness (QED) is 0.339. The molecule has 0 saturated carbocycles. The minimum atomic E-state index is -3.82. The molecule has 4 rings (SSSR count). The second-order valence-electron chi connectivity index (χ2n) is 9.56. The summed E-state index contributed by atoms with van der Waals surface area (Å²) in [5.74, 6) is -1.10. The van der Waals surface area contributed by atoms with E-state index < -0.39 is 22.6 Å². The van der Waals surface area contributed by atoms with Gasteiger partial charge in [0.15, 0.2) is 6.61 Å². The number of aromatic nitrogens is 1. The number of benzene rings is 2. The van der Waals surface area contributed by atoms with Crippen LogP contribution in [0.5, 0.6) is 0 Å². The molecule has 0 spiro atoms. The number of nitrogens with zero attached hydrogens (tertiary/aromatic N) is 2. The summed E-state index contributed by atoms with van der Waals surface area (Å²) in [6.45, 7) is 9.43. The van der Waals surface area contributed by atoms with Gasteiger partial charge in [0.05, 0.1) is 22.7 Å². The first-order valence-electron chi connectivity index (χ1n) is 12.2. The summed E-state index contributed by atoms with van der Waals surface area (Å²) in [4.78, 5) is 25.7. The third-order valence-corrected chi connectivity index (χ3v) is 8.28. The number of ether oxygens (including phenoxy) is 2. The highest BCUT2D eigenvalue weighted by atomic mass is 32.2. The first-order chi connectivity index (χ1) is 17.5. The number of Topliss-reactive ketones (excluding diaryl/α,β-unsaturated/α-hetero) is 1. The third kappa shape index (κ3) is 5.69. The van der Waals surface area contributed by atoms with Crippen LogP contribution in [0.1, 0.15) is 51.5 Å². The first-order valence-corrected chi connectivity index (χ1v) is 13.6. The van der Waals surface area contributed by atoms with E-state index in [0.29, 0.717) is 5.56 Å². The number of carbonyl (C=O) groups is 2. The number of hydrogen-bond acceptors (Lipinski definition) is 6. The molecule has 2 aromatic carbocycles. The molecule has 0 aliphatic carbocycles. The fourth-order valence-corrected chi connectivity index (χ4v) is 6.32. The van der Waals surface area contributed by atoms with Crippen LogP contribution in [0.4, 0.5) is 0 Å². The Labute approximate surface area is 217 Å². The molecule has 1 aromatic heterocycles. The SMILES string of the molecule is Cc1ccc(-n2c(C)cc(C(=O)COC(=O)c3cccc(S(=O)(=O)N4C[C@@H](C)O[C@@H](C)C4)c3)c2C)cc1. The maximum absolute atomic E-state index is 13.2. The summed E-state index contributed by atoms with van der Waals surface area (Å²) >= 11 is 0. The highest BCUT2D eigenvalue weighted by Crippen LogP contribution is 2.24. The van der Waals surface area contributed by atoms with Crippen molar-refractivity contribution in [1.82, 2.24) is 8.87 Å². The van der Waals surface area contributed by atoms with E-state index in [1.54, 1.807) is 6.07 Å². The van der Waals surface area contributed by atoms with Crippen molar-refractivity contribution in [1.29, 1.82) is 0 Å². The number of esters is 1. The van der Waals surface area contributed by atoms with Gasteiger partial charge in [-0.1, -0.05) is 23.8 Å². The molecule has 1 aliphatic heterocycles. The molecule has 196 valence electrons. The number of carbonyl (C=O) groups excluding carboxylic acids is 2. The Morgan fingerprint density at radius 3 is 2.27 bits per heavy atom. The number of hydrogen-bond donors (Lipinski definition) is 0. The number of rotatable bonds is 7. The highest BCUT2D eigenvalue weighted by Gasteiger charge is 2.32. The van der Waals surface area contributed by atoms with Gasteiger partial charge in [-0.05, 0) is 71.0 Å². The van der Waals surface area contributed by atoms with E-state index in [1.807, 2.05) is 63.5 Å². The second kappa shape index (κ2) is 10.6. The zero-order valence-electron chi connectivity index (χ0n) is 21.7. The largest absolute Gasteiger partial charge is 0.454 e. The van der Waals surface area contributed by atoms with Crippen molar-refractivity contribution in [3.8, 4) is 5.69 Å². The molecule has 0 unspecified atom stereocenters. The average molecular weight is 525 g/mol. The van der Waals surface area contributed by atoms with Crippen LogP contribution in [0.15, 0.2) is 59.5 Å². The Morgan fingerprint density at radius 2 is 1.62 bits per heavy atom. The molecule has 1 aliphatic rings. The van der Waals surface area contributed by atoms with Gasteiger partial charge in [-0.3, -0.25) is 4.79 Å². The summed E-state index contributed by atoms with van der Waals surface area (Å²) in [5, 5.41) is 0. The molecule has 1 saturated heterocycles. The molecule has 3 aromatic rings. The van der Waals surface area contributed by atoms with E-state index in [9.17, 15) is 18.0 Å². The highest BCUT2D eigenvalue weighted by molar-refractivity contribution is 7.89. The van der Waals surface area contributed by atoms with Crippen LogP contribution in [-0.4, -0.2) is 60.9 Å². The standard InChI is InChI=1S/C28H32N2O6S/c1-18-9-11-24(12-10-18)30-19(2)13-26(22(30)5)27(31)17-35-28(32)23-7-6-8-25(14-23)37(33,34)29-15-20(3)36-21(4)16-29/h6-14,20-21H,15-17H2,1-5H3/t20-,21+. The summed E-state index contributed by atoms with van der Waals surface area (Å²) in [7, 11) is -3.82. The summed E-state index contributed by atoms with van der Waals surface area (Å²) < 4.78 is 40.6. The normalized spacial score (nSPS) is 18.5. The molecule has 0 radical (unpaired) electrons. The number of ketones is 1. The van der Waals surface area contributed by atoms with Crippen LogP contribution in [-0.2, 0) is 19.5 Å². The second-order valence-corrected chi connectivity index (χ2v) is 11.5. The van der Waals surface area contributed by atoms with Gasteiger partial charge in [0.2, 0.25) is 15.8 Å². The lowest BCUT2D eigenvalue weighted by Crippen LogP contribution is -2.48. The lowest BCUT2D eigenvalue weighted by atomic mass is 10.1. The van der Waals surface area contributed by atoms with Gasteiger partial charge in [-0.15, -0.1) is 0 Å². The Balaban J connectivity index is 1.47. The van der Waals surface area contributed by atoms with E-state index in [-0.39, 0.29) is 41.5 Å². The van der Waals surface area contributed by atoms with Crippen LogP contribution in [0.3, 0.4) is 0 Å². The van der Waals surface area contributed by atoms with Crippen molar-refractivity contribution >= 4 is 21.8 Å². The lowest BCUT2D eigenvalue weighted by molar-refractivity contribution is -0.0440. The molecule has 0 amide bonds. The van der Waals surface area contributed by atoms with E-state index in [4.69, 9.17) is 9.47 Å². The number of morpholine rings is 1. The van der Waals surface area contributed by atoms with Crippen molar-refractivity contribution in [2.45, 2.75) is 51.7 Å². The monoisotopic (exact) mass is 524 g/mol. The maximum Gasteiger partial charge on any atom is 0.338 e. The molecule has 0 bridgehead atoms. The third-order valence-electron chi connectivity index (χ3n) is 6.45. The fraction of sp³-hybridized carbons (Fsp3) is 0.357. The smallest absolute Gasteiger partial charge is 0.338 e. The minimum Gasteiger partial charge on any atom is -0.454 e. The van der Waals surface area contributed by atoms with Crippen molar-refractivity contribution in [3.63, 3.8) is 0 Å². The van der Waals surface area contributed by atoms with E-state index in [2.05, 4.69) is 0 Å². The molecule has 9 heteroatoms. The van der Waals surface area contributed by atoms with E-state index in [0.717, 1.165) is 22.6 Å². The van der Waals surface area contributed by atoms with Crippen LogP contribution in [0.25, 0.3) is 5.69 Å². The van der Waals surface area contributed by atoms with Crippen molar-refractivity contribution in [2.75, 3.05) is 19.7 Å². The average Bonchev–Trinajstić information content (AvgIpc) is 3.16. The predicted molar refractivity (Wildman–Crippen MR) is 140 cm³/mol. The van der Waals surface area contributed by atoms with Crippen LogP contribution < -0.4 is 0 Å². The van der Waals surface area contributed by atoms with E-state index in [1.165, 1.54) is 28.6 Å². The van der Waals surface area contributed by atoms with Gasteiger partial charge in [-0.2, -0.15) is 4.31 Å².